The highest BCUT2D eigenvalue weighted by Crippen LogP contribution is 2.26. The van der Waals surface area contributed by atoms with E-state index in [4.69, 9.17) is 9.84 Å². The van der Waals surface area contributed by atoms with Crippen molar-refractivity contribution < 1.29 is 14.6 Å². The third kappa shape index (κ3) is 5.11. The molecule has 0 saturated carbocycles. The Morgan fingerprint density at radius 3 is 2.56 bits per heavy atom. The van der Waals surface area contributed by atoms with Gasteiger partial charge in [0.1, 0.15) is 12.4 Å². The predicted octanol–water partition coefficient (Wildman–Crippen LogP) is 5.65. The Bertz CT molecular complexity index is 942. The maximum atomic E-state index is 11.1. The number of hydrogen-bond acceptors (Lipinski definition) is 3. The summed E-state index contributed by atoms with van der Waals surface area (Å²) in [5.74, 6) is -0.109. The van der Waals surface area contributed by atoms with Crippen molar-refractivity contribution in [2.75, 3.05) is 5.32 Å². The Morgan fingerprint density at radius 1 is 1.07 bits per heavy atom. The SMILES string of the molecule is Cc1cc(C(=O)O)ccc1NCc1cc(Br)ccc1OCc1ccccc1. The van der Waals surface area contributed by atoms with Gasteiger partial charge in [-0.15, -0.1) is 0 Å². The van der Waals surface area contributed by atoms with E-state index >= 15 is 0 Å². The van der Waals surface area contributed by atoms with E-state index in [1.165, 1.54) is 0 Å². The summed E-state index contributed by atoms with van der Waals surface area (Å²) in [5, 5.41) is 12.5. The van der Waals surface area contributed by atoms with Gasteiger partial charge in [0.25, 0.3) is 0 Å². The van der Waals surface area contributed by atoms with Crippen LogP contribution in [0.2, 0.25) is 0 Å². The van der Waals surface area contributed by atoms with Gasteiger partial charge in [0, 0.05) is 22.3 Å². The molecular weight excluding hydrogens is 406 g/mol. The first kappa shape index (κ1) is 19.0. The monoisotopic (exact) mass is 425 g/mol. The zero-order chi connectivity index (χ0) is 19.2. The minimum Gasteiger partial charge on any atom is -0.489 e. The zero-order valence-electron chi connectivity index (χ0n) is 14.9. The minimum absolute atomic E-state index is 0.285. The number of nitrogens with one attached hydrogen (secondary N) is 1. The molecule has 0 amide bonds. The fourth-order valence-corrected chi connectivity index (χ4v) is 3.16. The number of hydrogen-bond donors (Lipinski definition) is 2. The lowest BCUT2D eigenvalue weighted by molar-refractivity contribution is 0.0697. The number of aryl methyl sites for hydroxylation is 1. The molecule has 0 saturated heterocycles. The van der Waals surface area contributed by atoms with E-state index < -0.39 is 5.97 Å². The molecule has 0 heterocycles. The molecule has 0 bridgehead atoms. The van der Waals surface area contributed by atoms with Crippen molar-refractivity contribution in [2.24, 2.45) is 0 Å². The van der Waals surface area contributed by atoms with Gasteiger partial charge in [-0.25, -0.2) is 4.79 Å². The van der Waals surface area contributed by atoms with E-state index in [0.717, 1.165) is 32.6 Å². The number of carboxylic acid groups (broad SMARTS) is 1. The Balaban J connectivity index is 1.72. The number of carbonyl (C=O) groups is 1. The molecule has 0 spiro atoms. The lowest BCUT2D eigenvalue weighted by Gasteiger charge is -2.15. The van der Waals surface area contributed by atoms with E-state index in [-0.39, 0.29) is 5.56 Å². The number of carboxylic acids is 1. The third-order valence-corrected chi connectivity index (χ3v) is 4.70. The standard InChI is InChI=1S/C22H20BrNO3/c1-15-11-17(22(25)26)7-9-20(15)24-13-18-12-19(23)8-10-21(18)27-14-16-5-3-2-4-6-16/h2-12,24H,13-14H2,1H3,(H,25,26). The molecule has 3 aromatic rings. The predicted molar refractivity (Wildman–Crippen MR) is 110 cm³/mol. The summed E-state index contributed by atoms with van der Waals surface area (Å²) in [7, 11) is 0. The number of ether oxygens (including phenoxy) is 1. The molecule has 0 atom stereocenters. The summed E-state index contributed by atoms with van der Waals surface area (Å²) in [6.45, 7) is 2.96. The molecule has 0 fully saturated rings. The summed E-state index contributed by atoms with van der Waals surface area (Å²) >= 11 is 3.51. The quantitative estimate of drug-likeness (QED) is 0.513. The van der Waals surface area contributed by atoms with Gasteiger partial charge in [-0.3, -0.25) is 0 Å². The van der Waals surface area contributed by atoms with Gasteiger partial charge in [-0.2, -0.15) is 0 Å². The van der Waals surface area contributed by atoms with Crippen LogP contribution in [-0.4, -0.2) is 11.1 Å². The molecule has 5 heteroatoms. The fourth-order valence-electron chi connectivity index (χ4n) is 2.75. The Kier molecular flexibility index (Phi) is 6.14. The van der Waals surface area contributed by atoms with E-state index in [9.17, 15) is 4.79 Å². The van der Waals surface area contributed by atoms with Crippen LogP contribution in [0, 0.1) is 6.92 Å². The lowest BCUT2D eigenvalue weighted by atomic mass is 10.1. The second-order valence-electron chi connectivity index (χ2n) is 6.21. The van der Waals surface area contributed by atoms with Crippen LogP contribution >= 0.6 is 15.9 Å². The largest absolute Gasteiger partial charge is 0.489 e. The van der Waals surface area contributed by atoms with Gasteiger partial charge in [0.15, 0.2) is 0 Å². The van der Waals surface area contributed by atoms with Crippen molar-refractivity contribution in [3.63, 3.8) is 0 Å². The van der Waals surface area contributed by atoms with Crippen LogP contribution < -0.4 is 10.1 Å². The van der Waals surface area contributed by atoms with Crippen molar-refractivity contribution in [1.82, 2.24) is 0 Å². The number of aromatic carboxylic acids is 1. The van der Waals surface area contributed by atoms with Crippen molar-refractivity contribution >= 4 is 27.6 Å². The molecule has 3 aromatic carbocycles. The van der Waals surface area contributed by atoms with E-state index in [1.807, 2.05) is 55.5 Å². The van der Waals surface area contributed by atoms with Crippen LogP contribution in [0.15, 0.2) is 71.2 Å². The van der Waals surface area contributed by atoms with Crippen LogP contribution in [0.1, 0.15) is 27.0 Å². The zero-order valence-corrected chi connectivity index (χ0v) is 16.5. The van der Waals surface area contributed by atoms with Crippen LogP contribution in [0.3, 0.4) is 0 Å². The van der Waals surface area contributed by atoms with Crippen molar-refractivity contribution in [2.45, 2.75) is 20.1 Å². The van der Waals surface area contributed by atoms with Crippen LogP contribution in [0.5, 0.6) is 5.75 Å². The topological polar surface area (TPSA) is 58.6 Å². The Labute approximate surface area is 166 Å². The minimum atomic E-state index is -0.923. The molecule has 0 aliphatic rings. The molecule has 0 unspecified atom stereocenters. The molecule has 0 aliphatic heterocycles. The number of halogens is 1. The molecule has 27 heavy (non-hydrogen) atoms. The lowest BCUT2D eigenvalue weighted by Crippen LogP contribution is -2.05. The third-order valence-electron chi connectivity index (χ3n) is 4.20. The van der Waals surface area contributed by atoms with Gasteiger partial charge in [0.2, 0.25) is 0 Å². The maximum Gasteiger partial charge on any atom is 0.335 e. The first-order chi connectivity index (χ1) is 13.0. The highest BCUT2D eigenvalue weighted by Gasteiger charge is 2.08. The molecule has 0 radical (unpaired) electrons. The van der Waals surface area contributed by atoms with Gasteiger partial charge in [-0.1, -0.05) is 46.3 Å². The van der Waals surface area contributed by atoms with Gasteiger partial charge < -0.3 is 15.2 Å². The second kappa shape index (κ2) is 8.73. The summed E-state index contributed by atoms with van der Waals surface area (Å²) < 4.78 is 6.99. The summed E-state index contributed by atoms with van der Waals surface area (Å²) in [6.07, 6.45) is 0. The number of rotatable bonds is 7. The first-order valence-electron chi connectivity index (χ1n) is 8.56. The van der Waals surface area contributed by atoms with E-state index in [0.29, 0.717) is 13.2 Å². The number of benzene rings is 3. The van der Waals surface area contributed by atoms with Gasteiger partial charge >= 0.3 is 5.97 Å². The van der Waals surface area contributed by atoms with E-state index in [2.05, 4.69) is 21.2 Å². The summed E-state index contributed by atoms with van der Waals surface area (Å²) in [5.41, 5.74) is 4.19. The average molecular weight is 426 g/mol. The Morgan fingerprint density at radius 2 is 1.85 bits per heavy atom. The van der Waals surface area contributed by atoms with Crippen molar-refractivity contribution in [3.8, 4) is 5.75 Å². The van der Waals surface area contributed by atoms with Gasteiger partial charge in [-0.05, 0) is 54.4 Å². The average Bonchev–Trinajstić information content (AvgIpc) is 2.67. The molecule has 2 N–H and O–H groups in total. The normalized spacial score (nSPS) is 10.4. The summed E-state index contributed by atoms with van der Waals surface area (Å²) in [6, 6.07) is 21.0. The number of anilines is 1. The summed E-state index contributed by atoms with van der Waals surface area (Å²) in [4.78, 5) is 11.1. The van der Waals surface area contributed by atoms with Crippen LogP contribution in [0.25, 0.3) is 0 Å². The van der Waals surface area contributed by atoms with Crippen LogP contribution in [-0.2, 0) is 13.2 Å². The molecule has 0 aliphatic carbocycles. The molecular formula is C22H20BrNO3. The van der Waals surface area contributed by atoms with E-state index in [1.54, 1.807) is 18.2 Å². The molecule has 4 nitrogen and oxygen atoms in total. The smallest absolute Gasteiger partial charge is 0.335 e. The highest BCUT2D eigenvalue weighted by atomic mass is 79.9. The van der Waals surface area contributed by atoms with Crippen molar-refractivity contribution in [3.05, 3.63) is 93.5 Å². The molecule has 3 rings (SSSR count). The van der Waals surface area contributed by atoms with Gasteiger partial charge in [0.05, 0.1) is 5.56 Å². The second-order valence-corrected chi connectivity index (χ2v) is 7.13. The van der Waals surface area contributed by atoms with Crippen LogP contribution in [0.4, 0.5) is 5.69 Å². The molecule has 138 valence electrons. The highest BCUT2D eigenvalue weighted by molar-refractivity contribution is 9.10. The fraction of sp³-hybridized carbons (Fsp3) is 0.136. The maximum absolute atomic E-state index is 11.1. The first-order valence-corrected chi connectivity index (χ1v) is 9.35. The Hall–Kier alpha value is -2.79. The molecule has 0 aromatic heterocycles. The van der Waals surface area contributed by atoms with Crippen molar-refractivity contribution in [1.29, 1.82) is 0 Å².